The molecule has 0 saturated heterocycles. The molecule has 3 rings (SSSR count). The molecular formula is C15H17ClN2O. The fourth-order valence-corrected chi connectivity index (χ4v) is 2.52. The quantitative estimate of drug-likeness (QED) is 0.908. The maximum absolute atomic E-state index is 6.25. The van der Waals surface area contributed by atoms with E-state index in [0.29, 0.717) is 12.6 Å². The molecule has 0 spiro atoms. The van der Waals surface area contributed by atoms with Gasteiger partial charge in [0.25, 0.3) is 0 Å². The van der Waals surface area contributed by atoms with Gasteiger partial charge in [0, 0.05) is 23.3 Å². The summed E-state index contributed by atoms with van der Waals surface area (Å²) in [5.41, 5.74) is 7.77. The van der Waals surface area contributed by atoms with Crippen molar-refractivity contribution in [2.45, 2.75) is 32.0 Å². The van der Waals surface area contributed by atoms with Crippen LogP contribution >= 0.6 is 11.6 Å². The summed E-state index contributed by atoms with van der Waals surface area (Å²) in [7, 11) is 0. The maximum Gasteiger partial charge on any atom is 0.123 e. The van der Waals surface area contributed by atoms with Crippen LogP contribution in [-0.4, -0.2) is 6.04 Å². The van der Waals surface area contributed by atoms with Gasteiger partial charge < -0.3 is 15.1 Å². The van der Waals surface area contributed by atoms with Crippen LogP contribution in [-0.2, 0) is 13.1 Å². The number of hydrogen-bond acceptors (Lipinski definition) is 3. The number of nitrogens with two attached hydrogens (primary N) is 1. The van der Waals surface area contributed by atoms with Crippen LogP contribution in [0.1, 0.15) is 24.2 Å². The number of furan rings is 1. The molecule has 4 heteroatoms. The minimum Gasteiger partial charge on any atom is -0.467 e. The fourth-order valence-electron chi connectivity index (χ4n) is 2.27. The molecule has 19 heavy (non-hydrogen) atoms. The number of benzene rings is 1. The van der Waals surface area contributed by atoms with E-state index in [-0.39, 0.29) is 0 Å². The molecule has 3 nitrogen and oxygen atoms in total. The van der Waals surface area contributed by atoms with Gasteiger partial charge in [-0.1, -0.05) is 17.7 Å². The van der Waals surface area contributed by atoms with Crippen molar-refractivity contribution in [2.24, 2.45) is 5.73 Å². The van der Waals surface area contributed by atoms with E-state index in [1.807, 2.05) is 24.3 Å². The van der Waals surface area contributed by atoms with Crippen molar-refractivity contribution < 1.29 is 4.42 Å². The number of anilines is 1. The average Bonchev–Trinajstić information content (AvgIpc) is 3.13. The van der Waals surface area contributed by atoms with E-state index in [2.05, 4.69) is 11.0 Å². The first kappa shape index (κ1) is 12.6. The Bertz CT molecular complexity index is 549. The van der Waals surface area contributed by atoms with E-state index >= 15 is 0 Å². The Kier molecular flexibility index (Phi) is 3.49. The van der Waals surface area contributed by atoms with Gasteiger partial charge in [-0.05, 0) is 42.7 Å². The van der Waals surface area contributed by atoms with E-state index in [1.54, 1.807) is 6.26 Å². The van der Waals surface area contributed by atoms with Gasteiger partial charge in [-0.15, -0.1) is 0 Å². The predicted molar refractivity (Wildman–Crippen MR) is 77.3 cm³/mol. The van der Waals surface area contributed by atoms with Gasteiger partial charge in [-0.25, -0.2) is 0 Å². The molecule has 0 atom stereocenters. The molecular weight excluding hydrogens is 260 g/mol. The molecule has 0 aliphatic heterocycles. The summed E-state index contributed by atoms with van der Waals surface area (Å²) < 4.78 is 5.44. The van der Waals surface area contributed by atoms with Crippen LogP contribution in [0.4, 0.5) is 5.69 Å². The molecule has 1 aromatic heterocycles. The molecule has 1 saturated carbocycles. The minimum atomic E-state index is 0.473. The first-order valence-electron chi connectivity index (χ1n) is 6.55. The summed E-state index contributed by atoms with van der Waals surface area (Å²) in [6.07, 6.45) is 4.18. The smallest absolute Gasteiger partial charge is 0.123 e. The second kappa shape index (κ2) is 5.27. The highest BCUT2D eigenvalue weighted by Crippen LogP contribution is 2.34. The highest BCUT2D eigenvalue weighted by molar-refractivity contribution is 6.31. The van der Waals surface area contributed by atoms with E-state index in [1.165, 1.54) is 12.8 Å². The lowest BCUT2D eigenvalue weighted by Gasteiger charge is -2.24. The molecule has 0 amide bonds. The fraction of sp³-hybridized carbons (Fsp3) is 0.333. The van der Waals surface area contributed by atoms with Gasteiger partial charge in [0.2, 0.25) is 0 Å². The van der Waals surface area contributed by atoms with Crippen LogP contribution in [0.2, 0.25) is 5.02 Å². The van der Waals surface area contributed by atoms with Crippen LogP contribution in [0, 0.1) is 0 Å². The van der Waals surface area contributed by atoms with E-state index in [0.717, 1.165) is 28.6 Å². The number of hydrogen-bond donors (Lipinski definition) is 1. The Balaban J connectivity index is 1.85. The molecule has 2 N–H and O–H groups in total. The zero-order chi connectivity index (χ0) is 13.2. The van der Waals surface area contributed by atoms with Gasteiger partial charge >= 0.3 is 0 Å². The summed E-state index contributed by atoms with van der Waals surface area (Å²) in [5.74, 6) is 0.978. The van der Waals surface area contributed by atoms with Crippen LogP contribution in [0.5, 0.6) is 0 Å². The summed E-state index contributed by atoms with van der Waals surface area (Å²) in [6.45, 7) is 1.26. The Morgan fingerprint density at radius 2 is 2.16 bits per heavy atom. The van der Waals surface area contributed by atoms with Crippen molar-refractivity contribution >= 4 is 17.3 Å². The molecule has 2 aromatic rings. The summed E-state index contributed by atoms with van der Waals surface area (Å²) in [4.78, 5) is 2.35. The third-order valence-electron chi connectivity index (χ3n) is 3.48. The SMILES string of the molecule is NCc1ccc(N(Cc2ccco2)C2CC2)cc1Cl. The summed E-state index contributed by atoms with van der Waals surface area (Å²) >= 11 is 6.25. The zero-order valence-electron chi connectivity index (χ0n) is 10.7. The molecule has 1 aliphatic rings. The second-order valence-electron chi connectivity index (χ2n) is 4.92. The molecule has 100 valence electrons. The van der Waals surface area contributed by atoms with Gasteiger partial charge in [0.05, 0.1) is 12.8 Å². The third-order valence-corrected chi connectivity index (χ3v) is 3.83. The number of rotatable bonds is 5. The van der Waals surface area contributed by atoms with Gasteiger partial charge in [-0.3, -0.25) is 0 Å². The molecule has 1 heterocycles. The Morgan fingerprint density at radius 1 is 1.32 bits per heavy atom. The van der Waals surface area contributed by atoms with E-state index < -0.39 is 0 Å². The molecule has 0 radical (unpaired) electrons. The minimum absolute atomic E-state index is 0.473. The van der Waals surface area contributed by atoms with Crippen LogP contribution in [0.25, 0.3) is 0 Å². The Morgan fingerprint density at radius 3 is 2.74 bits per heavy atom. The van der Waals surface area contributed by atoms with Crippen molar-refractivity contribution in [1.82, 2.24) is 0 Å². The molecule has 1 aromatic carbocycles. The lowest BCUT2D eigenvalue weighted by atomic mass is 10.2. The Hall–Kier alpha value is -1.45. The highest BCUT2D eigenvalue weighted by atomic mass is 35.5. The van der Waals surface area contributed by atoms with Crippen molar-refractivity contribution in [2.75, 3.05) is 4.90 Å². The number of nitrogens with zero attached hydrogens (tertiary/aromatic N) is 1. The third kappa shape index (κ3) is 2.77. The van der Waals surface area contributed by atoms with E-state index in [4.69, 9.17) is 21.8 Å². The summed E-state index contributed by atoms with van der Waals surface area (Å²) in [6, 6.07) is 10.6. The maximum atomic E-state index is 6.25. The molecule has 0 bridgehead atoms. The van der Waals surface area contributed by atoms with Gasteiger partial charge in [-0.2, -0.15) is 0 Å². The zero-order valence-corrected chi connectivity index (χ0v) is 11.4. The van der Waals surface area contributed by atoms with Crippen LogP contribution < -0.4 is 10.6 Å². The van der Waals surface area contributed by atoms with Crippen LogP contribution in [0.15, 0.2) is 41.0 Å². The average molecular weight is 277 g/mol. The summed E-state index contributed by atoms with van der Waals surface area (Å²) in [5, 5.41) is 0.741. The molecule has 1 aliphatic carbocycles. The normalized spacial score (nSPS) is 14.6. The highest BCUT2D eigenvalue weighted by Gasteiger charge is 2.30. The molecule has 0 unspecified atom stereocenters. The van der Waals surface area contributed by atoms with Crippen LogP contribution in [0.3, 0.4) is 0 Å². The lowest BCUT2D eigenvalue weighted by molar-refractivity contribution is 0.501. The second-order valence-corrected chi connectivity index (χ2v) is 5.33. The van der Waals surface area contributed by atoms with Crippen molar-refractivity contribution in [3.05, 3.63) is 52.9 Å². The van der Waals surface area contributed by atoms with Crippen molar-refractivity contribution in [3.63, 3.8) is 0 Å². The standard InChI is InChI=1S/C15H17ClN2O/c16-15-8-13(4-3-11(15)9-17)18(12-5-6-12)10-14-2-1-7-19-14/h1-4,7-8,12H,5-6,9-10,17H2. The number of halogens is 1. The monoisotopic (exact) mass is 276 g/mol. The molecule has 1 fully saturated rings. The first-order valence-corrected chi connectivity index (χ1v) is 6.93. The Labute approximate surface area is 118 Å². The predicted octanol–water partition coefficient (Wildman–Crippen LogP) is 3.56. The first-order chi connectivity index (χ1) is 9.28. The largest absolute Gasteiger partial charge is 0.467 e. The van der Waals surface area contributed by atoms with Gasteiger partial charge in [0.1, 0.15) is 5.76 Å². The topological polar surface area (TPSA) is 42.4 Å². The van der Waals surface area contributed by atoms with E-state index in [9.17, 15) is 0 Å². The van der Waals surface area contributed by atoms with Crippen molar-refractivity contribution in [1.29, 1.82) is 0 Å². The van der Waals surface area contributed by atoms with Crippen molar-refractivity contribution in [3.8, 4) is 0 Å². The van der Waals surface area contributed by atoms with Gasteiger partial charge in [0.15, 0.2) is 0 Å². The lowest BCUT2D eigenvalue weighted by Crippen LogP contribution is -2.24.